The Bertz CT molecular complexity index is 4750. The number of benzene rings is 4. The molecule has 6 heterocycles. The summed E-state index contributed by atoms with van der Waals surface area (Å²) in [5.74, 6) is -2.88. The molecule has 0 spiro atoms. The van der Waals surface area contributed by atoms with Gasteiger partial charge in [0.25, 0.3) is 5.91 Å². The normalized spacial score (nSPS) is 11.4. The molecule has 0 unspecified atom stereocenters. The van der Waals surface area contributed by atoms with Crippen LogP contribution in [-0.2, 0) is 34.0 Å². The van der Waals surface area contributed by atoms with Crippen LogP contribution in [0, 0.1) is 51.0 Å². The van der Waals surface area contributed by atoms with Crippen LogP contribution in [0.15, 0.2) is 175 Å². The lowest BCUT2D eigenvalue weighted by Gasteiger charge is -2.13. The number of rotatable bonds is 11. The van der Waals surface area contributed by atoms with Gasteiger partial charge in [-0.05, 0) is 152 Å². The molecule has 10 aromatic rings. The largest absolute Gasteiger partial charge is 0.569 e. The third-order valence-electron chi connectivity index (χ3n) is 11.7. The lowest BCUT2D eigenvalue weighted by molar-refractivity contribution is -0.0586. The molecule has 0 fully saturated rings. The number of alkyl halides is 9. The van der Waals surface area contributed by atoms with Crippen molar-refractivity contribution in [3.63, 3.8) is 0 Å². The fourth-order valence-corrected chi connectivity index (χ4v) is 9.79. The van der Waals surface area contributed by atoms with E-state index in [2.05, 4.69) is 49.7 Å². The van der Waals surface area contributed by atoms with Crippen LogP contribution in [0.4, 0.5) is 57.1 Å². The number of pyridine rings is 5. The predicted molar refractivity (Wildman–Crippen MR) is 334 cm³/mol. The highest BCUT2D eigenvalue weighted by atomic mass is 79.9. The van der Waals surface area contributed by atoms with Gasteiger partial charge in [-0.2, -0.15) is 64.8 Å². The van der Waals surface area contributed by atoms with E-state index in [1.807, 2.05) is 47.8 Å². The second kappa shape index (κ2) is 34.0. The highest BCUT2D eigenvalue weighted by molar-refractivity contribution is 9.10. The van der Waals surface area contributed by atoms with Gasteiger partial charge in [0.05, 0.1) is 6.20 Å². The van der Waals surface area contributed by atoms with Gasteiger partial charge >= 0.3 is 54.6 Å². The molecule has 1 radical (unpaired) electrons. The van der Waals surface area contributed by atoms with E-state index in [9.17, 15) is 92.2 Å². The summed E-state index contributed by atoms with van der Waals surface area (Å²) in [4.78, 5) is 31.9. The first-order valence-corrected chi connectivity index (χ1v) is 31.3. The summed E-state index contributed by atoms with van der Waals surface area (Å²) in [6.07, 6.45) is 3.21. The second-order valence-corrected chi connectivity index (χ2v) is 24.4. The first-order chi connectivity index (χ1) is 45.1. The number of fused-ring (bicyclic) bond motifs is 1. The first-order valence-electron chi connectivity index (χ1n) is 26.3. The number of hydrogen-bond acceptors (Lipinski definition) is 18. The van der Waals surface area contributed by atoms with E-state index < -0.39 is 70.2 Å². The second-order valence-electron chi connectivity index (χ2n) is 18.8. The van der Waals surface area contributed by atoms with Crippen LogP contribution in [0.25, 0.3) is 50.5 Å². The molecule has 4 aromatic carbocycles. The summed E-state index contributed by atoms with van der Waals surface area (Å²) in [6, 6.07) is 40.4. The number of carbonyl (C=O) groups is 1. The number of hydrogen-bond donors (Lipinski definition) is 4. The van der Waals surface area contributed by atoms with Gasteiger partial charge in [-0.1, -0.05) is 68.1 Å². The molecule has 0 aliphatic heterocycles. The third-order valence-corrected chi connectivity index (χ3v) is 15.8. The van der Waals surface area contributed by atoms with Crippen LogP contribution in [0.2, 0.25) is 0 Å². The van der Waals surface area contributed by atoms with Crippen molar-refractivity contribution in [1.29, 1.82) is 0 Å². The van der Waals surface area contributed by atoms with Gasteiger partial charge in [-0.3, -0.25) is 14.2 Å². The summed E-state index contributed by atoms with van der Waals surface area (Å²) < 4.78 is 234. The third kappa shape index (κ3) is 21.9. The zero-order valence-electron chi connectivity index (χ0n) is 49.4. The van der Waals surface area contributed by atoms with E-state index in [4.69, 9.17) is 15.9 Å². The van der Waals surface area contributed by atoms with Crippen molar-refractivity contribution in [2.45, 2.75) is 51.6 Å². The average molecular weight is 1510 g/mol. The monoisotopic (exact) mass is 1510 g/mol. The Balaban J connectivity index is 0.000000259. The quantitative estimate of drug-likeness (QED) is 0.0307. The number of phenols is 2. The van der Waals surface area contributed by atoms with Crippen molar-refractivity contribution >= 4 is 65.5 Å². The van der Waals surface area contributed by atoms with Gasteiger partial charge < -0.3 is 29.8 Å². The number of phenolic OH excluding ortho intramolecular Hbond substituents is 2. The summed E-state index contributed by atoms with van der Waals surface area (Å²) in [6.45, 7) is 6.97. The topological polar surface area (TPSA) is 303 Å². The molecule has 38 heteroatoms. The Morgan fingerprint density at radius 1 is 0.500 bits per heavy atom. The molecule has 0 saturated carbocycles. The lowest BCUT2D eigenvalue weighted by atomic mass is 9.98. The number of para-hydroxylation sites is 4. The van der Waals surface area contributed by atoms with Gasteiger partial charge in [0, 0.05) is 45.7 Å². The highest BCUT2D eigenvalue weighted by Gasteiger charge is 2.57. The molecule has 1 amide bonds. The first kappa shape index (κ1) is 80.7. The SMILES string of the molecule is C.Cc1ccc(F)c(-c2ccccc2-c2ccc3ncc(C(N)=O)n3c2)n1.Cc1ccc(F)c(-c2ccccc2O)n1.Cc1ccc(F)c(-c2ccccc2OS(=O)(=O)C(F)(F)F)n1.Cc1ccc(F)c(Br)n1.O=S(=O)(OS(=O)(=O)C(F)(F)F)C(F)(F)F.O[B]Oc1ccccc1O. The van der Waals surface area contributed by atoms with Gasteiger partial charge in [-0.15, -0.1) is 3.63 Å². The number of carbonyl (C=O) groups excluding carboxylic acids is 1. The van der Waals surface area contributed by atoms with Gasteiger partial charge in [0.15, 0.2) is 17.3 Å². The predicted octanol–water partition coefficient (Wildman–Crippen LogP) is 13.9. The molecule has 6 aromatic heterocycles. The zero-order valence-corrected chi connectivity index (χ0v) is 53.5. The number of aromatic hydroxyl groups is 2. The molecule has 20 nitrogen and oxygen atoms in total. The van der Waals surface area contributed by atoms with Crippen LogP contribution in [0.5, 0.6) is 23.0 Å². The van der Waals surface area contributed by atoms with Gasteiger partial charge in [0.2, 0.25) is 0 Å². The number of aryl methyl sites for hydroxylation is 4. The maximum absolute atomic E-state index is 14.4. The number of primary amides is 1. The fraction of sp³-hybridized carbons (Fsp3) is 0.133. The Morgan fingerprint density at radius 2 is 0.888 bits per heavy atom. The van der Waals surface area contributed by atoms with Crippen molar-refractivity contribution < 1.29 is 115 Å². The van der Waals surface area contributed by atoms with Crippen molar-refractivity contribution in [3.8, 4) is 67.9 Å². The van der Waals surface area contributed by atoms with E-state index in [1.165, 1.54) is 60.8 Å². The maximum Gasteiger partial charge on any atom is 0.569 e. The molecule has 0 atom stereocenters. The van der Waals surface area contributed by atoms with E-state index >= 15 is 0 Å². The zero-order chi connectivity index (χ0) is 72.6. The summed E-state index contributed by atoms with van der Waals surface area (Å²) >= 11 is 2.96. The molecule has 521 valence electrons. The summed E-state index contributed by atoms with van der Waals surface area (Å²) in [5, 5.41) is 26.7. The van der Waals surface area contributed by atoms with Crippen molar-refractivity contribution in [2.75, 3.05) is 0 Å². The molecular formula is C60H49BBrF13N7O13S3. The molecule has 0 aliphatic carbocycles. The number of nitrogens with two attached hydrogens (primary N) is 1. The van der Waals surface area contributed by atoms with Crippen molar-refractivity contribution in [2.24, 2.45) is 5.73 Å². The minimum absolute atomic E-state index is 0. The van der Waals surface area contributed by atoms with E-state index in [-0.39, 0.29) is 57.9 Å². The van der Waals surface area contributed by atoms with Crippen LogP contribution in [0.1, 0.15) is 40.7 Å². The number of nitrogens with zero attached hydrogens (tertiary/aromatic N) is 6. The lowest BCUT2D eigenvalue weighted by Crippen LogP contribution is -2.34. The molecule has 0 bridgehead atoms. The van der Waals surface area contributed by atoms with Gasteiger partial charge in [0.1, 0.15) is 62.0 Å². The number of halogens is 14. The minimum Gasteiger partial charge on any atom is -0.535 e. The maximum atomic E-state index is 14.4. The Kier molecular flexibility index (Phi) is 28.0. The standard InChI is InChI=1S/C20H15FN4O.C13H9F4NO3S.C12H10FNO.C6H6BO3.C6H5BrFN.C2F6O5S2.CH4/c1-12-6-8-16(21)19(24-12)15-5-3-2-4-14(15)13-7-9-18-23-10-17(20(22)26)25(18)11-13;1-8-6-7-10(14)12(18-8)9-4-2-3-5-11(9)21-22(19,20)13(15,16)17;1-8-6-7-10(13)12(14-8)9-4-2-3-5-11(9)15;8-5-3-1-2-4-6(5)10-7-9;1-4-2-3-5(8)6(7)9-4;3-1(4,5)14(9,10)13-15(11,12)2(6,7)8;/h2-11H,1H3,(H2,22,26);2-7H,1H3;2-7,15H,1H3;1-4,8-9H;2-3H,1H3;;1H4. The highest BCUT2D eigenvalue weighted by Crippen LogP contribution is 2.37. The van der Waals surface area contributed by atoms with E-state index in [1.54, 1.807) is 85.1 Å². The molecule has 0 aliphatic rings. The molecule has 98 heavy (non-hydrogen) atoms. The number of imidazole rings is 1. The smallest absolute Gasteiger partial charge is 0.535 e. The van der Waals surface area contributed by atoms with Crippen LogP contribution >= 0.6 is 15.9 Å². The Morgan fingerprint density at radius 3 is 1.32 bits per heavy atom. The number of amides is 1. The molecular weight excluding hydrogens is 1460 g/mol. The Hall–Kier alpha value is -9.76. The summed E-state index contributed by atoms with van der Waals surface area (Å²) in [7, 11) is -19.0. The van der Waals surface area contributed by atoms with Gasteiger partial charge in [-0.25, -0.2) is 37.5 Å². The molecule has 0 saturated heterocycles. The fourth-order valence-electron chi connectivity index (χ4n) is 7.34. The molecule has 5 N–H and O–H groups in total. The van der Waals surface area contributed by atoms with Crippen LogP contribution < -0.4 is 14.6 Å². The van der Waals surface area contributed by atoms with E-state index in [0.717, 1.165) is 40.3 Å². The Labute approximate surface area is 558 Å². The summed E-state index contributed by atoms with van der Waals surface area (Å²) in [5.41, 5.74) is -6.44. The minimum atomic E-state index is -6.85. The number of aromatic nitrogens is 6. The van der Waals surface area contributed by atoms with Crippen LogP contribution in [0.3, 0.4) is 0 Å². The van der Waals surface area contributed by atoms with Crippen LogP contribution in [-0.4, -0.2) is 99.9 Å². The van der Waals surface area contributed by atoms with E-state index in [0.29, 0.717) is 41.5 Å². The average Bonchev–Trinajstić information content (AvgIpc) is 1.15. The molecule has 10 rings (SSSR count). The van der Waals surface area contributed by atoms with Crippen molar-refractivity contribution in [3.05, 3.63) is 226 Å². The van der Waals surface area contributed by atoms with Crippen molar-refractivity contribution in [1.82, 2.24) is 29.3 Å².